The van der Waals surface area contributed by atoms with Crippen LogP contribution in [0.25, 0.3) is 0 Å². The molecular weight excluding hydrogens is 200 g/mol. The van der Waals surface area contributed by atoms with Gasteiger partial charge >= 0.3 is 11.9 Å². The Balaban J connectivity index is 2.78. The predicted octanol–water partition coefficient (Wildman–Crippen LogP) is 0.857. The molecule has 86 valence electrons. The Kier molecular flexibility index (Phi) is 3.68. The van der Waals surface area contributed by atoms with E-state index < -0.39 is 29.9 Å². The lowest BCUT2D eigenvalue weighted by Crippen LogP contribution is -2.48. The molecule has 0 aromatic rings. The van der Waals surface area contributed by atoms with Crippen molar-refractivity contribution in [3.8, 4) is 0 Å². The van der Waals surface area contributed by atoms with Gasteiger partial charge in [0.2, 0.25) is 0 Å². The Morgan fingerprint density at radius 1 is 1.13 bits per heavy atom. The van der Waals surface area contributed by atoms with Gasteiger partial charge < -0.3 is 15.3 Å². The minimum atomic E-state index is -2.09. The van der Waals surface area contributed by atoms with Gasteiger partial charge in [-0.05, 0) is 18.8 Å². The molecule has 1 saturated carbocycles. The number of carboxylic acids is 2. The molecule has 1 atom stereocenters. The first-order valence-corrected chi connectivity index (χ1v) is 5.14. The molecule has 1 fully saturated rings. The van der Waals surface area contributed by atoms with E-state index in [0.717, 1.165) is 19.3 Å². The van der Waals surface area contributed by atoms with Crippen molar-refractivity contribution in [2.75, 3.05) is 0 Å². The molecule has 0 radical (unpaired) electrons. The molecule has 1 unspecified atom stereocenters. The van der Waals surface area contributed by atoms with E-state index in [1.165, 1.54) is 0 Å². The second-order valence-electron chi connectivity index (χ2n) is 4.13. The Labute approximate surface area is 87.7 Å². The highest BCUT2D eigenvalue weighted by Crippen LogP contribution is 2.35. The van der Waals surface area contributed by atoms with E-state index in [4.69, 9.17) is 10.2 Å². The summed E-state index contributed by atoms with van der Waals surface area (Å²) in [5, 5.41) is 27.4. The fourth-order valence-corrected chi connectivity index (χ4v) is 2.21. The monoisotopic (exact) mass is 216 g/mol. The summed E-state index contributed by atoms with van der Waals surface area (Å²) in [5.41, 5.74) is -2.09. The van der Waals surface area contributed by atoms with Gasteiger partial charge in [-0.25, -0.2) is 4.79 Å². The van der Waals surface area contributed by atoms with Gasteiger partial charge in [0.05, 0.1) is 6.42 Å². The van der Waals surface area contributed by atoms with Gasteiger partial charge in [-0.3, -0.25) is 4.79 Å². The van der Waals surface area contributed by atoms with Gasteiger partial charge in [0.25, 0.3) is 0 Å². The molecule has 0 spiro atoms. The number of carbonyl (C=O) groups is 2. The van der Waals surface area contributed by atoms with Crippen molar-refractivity contribution in [3.63, 3.8) is 0 Å². The van der Waals surface area contributed by atoms with Crippen LogP contribution in [-0.2, 0) is 9.59 Å². The molecule has 0 bridgehead atoms. The first-order valence-electron chi connectivity index (χ1n) is 5.14. The third-order valence-corrected chi connectivity index (χ3v) is 3.07. The SMILES string of the molecule is O=C(O)CC(O)(C(=O)O)C1CCCCC1. The van der Waals surface area contributed by atoms with E-state index in [-0.39, 0.29) is 0 Å². The summed E-state index contributed by atoms with van der Waals surface area (Å²) in [6, 6.07) is 0. The van der Waals surface area contributed by atoms with Crippen LogP contribution < -0.4 is 0 Å². The smallest absolute Gasteiger partial charge is 0.336 e. The van der Waals surface area contributed by atoms with Crippen molar-refractivity contribution >= 4 is 11.9 Å². The average Bonchev–Trinajstić information content (AvgIpc) is 2.17. The zero-order valence-electron chi connectivity index (χ0n) is 8.48. The van der Waals surface area contributed by atoms with Crippen LogP contribution in [0.2, 0.25) is 0 Å². The van der Waals surface area contributed by atoms with Crippen LogP contribution in [0.4, 0.5) is 0 Å². The highest BCUT2D eigenvalue weighted by molar-refractivity contribution is 5.84. The molecule has 5 nitrogen and oxygen atoms in total. The summed E-state index contributed by atoms with van der Waals surface area (Å²) >= 11 is 0. The lowest BCUT2D eigenvalue weighted by atomic mass is 9.75. The van der Waals surface area contributed by atoms with Gasteiger partial charge in [-0.2, -0.15) is 0 Å². The Bertz CT molecular complexity index is 257. The number of aliphatic hydroxyl groups is 1. The van der Waals surface area contributed by atoms with Crippen molar-refractivity contribution in [2.45, 2.75) is 44.1 Å². The number of hydrogen-bond donors (Lipinski definition) is 3. The van der Waals surface area contributed by atoms with Crippen LogP contribution in [0, 0.1) is 5.92 Å². The highest BCUT2D eigenvalue weighted by atomic mass is 16.4. The molecule has 5 heteroatoms. The number of aliphatic carboxylic acids is 2. The van der Waals surface area contributed by atoms with E-state index in [9.17, 15) is 14.7 Å². The predicted molar refractivity (Wildman–Crippen MR) is 51.4 cm³/mol. The first kappa shape index (κ1) is 12.0. The number of hydrogen-bond acceptors (Lipinski definition) is 3. The van der Waals surface area contributed by atoms with Gasteiger partial charge in [0, 0.05) is 0 Å². The fourth-order valence-electron chi connectivity index (χ4n) is 2.21. The third kappa shape index (κ3) is 2.68. The minimum absolute atomic E-state index is 0.431. The van der Waals surface area contributed by atoms with E-state index in [2.05, 4.69) is 0 Å². The molecule has 0 aromatic carbocycles. The van der Waals surface area contributed by atoms with E-state index in [0.29, 0.717) is 12.8 Å². The van der Waals surface area contributed by atoms with Crippen LogP contribution >= 0.6 is 0 Å². The lowest BCUT2D eigenvalue weighted by molar-refractivity contribution is -0.173. The zero-order chi connectivity index (χ0) is 11.5. The fraction of sp³-hybridized carbons (Fsp3) is 0.800. The normalized spacial score (nSPS) is 21.9. The Hall–Kier alpha value is -1.10. The molecule has 15 heavy (non-hydrogen) atoms. The summed E-state index contributed by atoms with van der Waals surface area (Å²) in [6.07, 6.45) is 3.22. The second kappa shape index (κ2) is 4.61. The van der Waals surface area contributed by atoms with Crippen molar-refractivity contribution in [3.05, 3.63) is 0 Å². The highest BCUT2D eigenvalue weighted by Gasteiger charge is 2.45. The van der Waals surface area contributed by atoms with Crippen molar-refractivity contribution in [2.24, 2.45) is 5.92 Å². The topological polar surface area (TPSA) is 94.8 Å². The molecule has 3 N–H and O–H groups in total. The van der Waals surface area contributed by atoms with Crippen molar-refractivity contribution < 1.29 is 24.9 Å². The number of rotatable bonds is 4. The maximum Gasteiger partial charge on any atom is 0.336 e. The molecule has 0 heterocycles. The van der Waals surface area contributed by atoms with Gasteiger partial charge in [0.1, 0.15) is 0 Å². The van der Waals surface area contributed by atoms with E-state index >= 15 is 0 Å². The van der Waals surface area contributed by atoms with Crippen LogP contribution in [0.3, 0.4) is 0 Å². The zero-order valence-corrected chi connectivity index (χ0v) is 8.48. The molecule has 1 aliphatic carbocycles. The van der Waals surface area contributed by atoms with Gasteiger partial charge in [0.15, 0.2) is 5.60 Å². The summed E-state index contributed by atoms with van der Waals surface area (Å²) in [7, 11) is 0. The second-order valence-corrected chi connectivity index (χ2v) is 4.13. The maximum absolute atomic E-state index is 10.9. The van der Waals surface area contributed by atoms with Crippen LogP contribution in [-0.4, -0.2) is 32.9 Å². The quantitative estimate of drug-likeness (QED) is 0.647. The van der Waals surface area contributed by atoms with Crippen LogP contribution in [0.5, 0.6) is 0 Å². The first-order chi connectivity index (χ1) is 6.97. The molecule has 1 rings (SSSR count). The summed E-state index contributed by atoms with van der Waals surface area (Å²) in [6.45, 7) is 0. The summed E-state index contributed by atoms with van der Waals surface area (Å²) < 4.78 is 0. The molecule has 1 aliphatic rings. The van der Waals surface area contributed by atoms with E-state index in [1.807, 2.05) is 0 Å². The maximum atomic E-state index is 10.9. The van der Waals surface area contributed by atoms with Crippen LogP contribution in [0.15, 0.2) is 0 Å². The summed E-state index contributed by atoms with van der Waals surface area (Å²) in [4.78, 5) is 21.5. The Morgan fingerprint density at radius 2 is 1.67 bits per heavy atom. The van der Waals surface area contributed by atoms with Crippen LogP contribution in [0.1, 0.15) is 38.5 Å². The standard InChI is InChI=1S/C10H16O5/c11-8(12)6-10(15,9(13)14)7-4-2-1-3-5-7/h7,15H,1-6H2,(H,11,12)(H,13,14). The molecule has 0 amide bonds. The van der Waals surface area contributed by atoms with E-state index in [1.54, 1.807) is 0 Å². The molecule has 0 saturated heterocycles. The van der Waals surface area contributed by atoms with Crippen molar-refractivity contribution in [1.29, 1.82) is 0 Å². The number of carboxylic acid groups (broad SMARTS) is 2. The average molecular weight is 216 g/mol. The largest absolute Gasteiger partial charge is 0.481 e. The van der Waals surface area contributed by atoms with Gasteiger partial charge in [-0.1, -0.05) is 19.3 Å². The molecular formula is C10H16O5. The van der Waals surface area contributed by atoms with Gasteiger partial charge in [-0.15, -0.1) is 0 Å². The molecule has 0 aliphatic heterocycles. The molecule has 0 aromatic heterocycles. The van der Waals surface area contributed by atoms with Crippen molar-refractivity contribution in [1.82, 2.24) is 0 Å². The lowest BCUT2D eigenvalue weighted by Gasteiger charge is -2.33. The minimum Gasteiger partial charge on any atom is -0.481 e. The summed E-state index contributed by atoms with van der Waals surface area (Å²) in [5.74, 6) is -3.12. The Morgan fingerprint density at radius 3 is 2.07 bits per heavy atom. The third-order valence-electron chi connectivity index (χ3n) is 3.07.